The molecule has 1 aliphatic heterocycles. The fraction of sp³-hybridized carbons (Fsp3) is 0.304. The van der Waals surface area contributed by atoms with Crippen LogP contribution in [0.5, 0.6) is 0 Å². The van der Waals surface area contributed by atoms with Crippen LogP contribution in [0.1, 0.15) is 37.8 Å². The number of aliphatic imine (C=N–C) groups is 2. The topological polar surface area (TPSA) is 113 Å². The molecule has 1 unspecified atom stereocenters. The zero-order valence-electron chi connectivity index (χ0n) is 17.1. The SMILES string of the molecule is CC1(C)CC(C(=N)O/C(N)=N/C2N=C(c3ccccc3)c3ccccc3NC2=O)C1. The molecule has 2 aliphatic rings. The highest BCUT2D eigenvalue weighted by Gasteiger charge is 2.40. The van der Waals surface area contributed by atoms with Gasteiger partial charge in [0.1, 0.15) is 0 Å². The van der Waals surface area contributed by atoms with Crippen LogP contribution in [-0.4, -0.2) is 29.7 Å². The lowest BCUT2D eigenvalue weighted by Crippen LogP contribution is -2.39. The van der Waals surface area contributed by atoms with E-state index in [9.17, 15) is 4.79 Å². The van der Waals surface area contributed by atoms with Gasteiger partial charge in [0.2, 0.25) is 6.17 Å². The van der Waals surface area contributed by atoms with Gasteiger partial charge in [0.05, 0.1) is 11.4 Å². The summed E-state index contributed by atoms with van der Waals surface area (Å²) in [5.74, 6) is -0.291. The van der Waals surface area contributed by atoms with Crippen molar-refractivity contribution in [1.82, 2.24) is 0 Å². The van der Waals surface area contributed by atoms with Gasteiger partial charge in [-0.15, -0.1) is 0 Å². The highest BCUT2D eigenvalue weighted by Crippen LogP contribution is 2.45. The smallest absolute Gasteiger partial charge is 0.291 e. The van der Waals surface area contributed by atoms with Crippen molar-refractivity contribution in [2.24, 2.45) is 27.1 Å². The van der Waals surface area contributed by atoms with Crippen LogP contribution in [0.4, 0.5) is 5.69 Å². The predicted molar refractivity (Wildman–Crippen MR) is 118 cm³/mol. The number of rotatable bonds is 3. The third-order valence-electron chi connectivity index (χ3n) is 5.41. The van der Waals surface area contributed by atoms with Gasteiger partial charge in [0, 0.05) is 17.0 Å². The van der Waals surface area contributed by atoms with Crippen LogP contribution in [0.25, 0.3) is 0 Å². The summed E-state index contributed by atoms with van der Waals surface area (Å²) in [6.07, 6.45) is 0.627. The molecule has 7 heteroatoms. The summed E-state index contributed by atoms with van der Waals surface area (Å²) in [5, 5.41) is 11.0. The standard InChI is InChI=1S/C23H25N5O2/c1-23(2)12-15(13-23)19(24)30-22(25)28-20-21(29)26-17-11-7-6-10-16(17)18(27-20)14-8-4-3-5-9-14/h3-11,15,20,24H,12-13H2,1-2H3,(H2,25,28)(H,26,29). The summed E-state index contributed by atoms with van der Waals surface area (Å²) in [6, 6.07) is 16.9. The third-order valence-corrected chi connectivity index (χ3v) is 5.41. The number of amides is 1. The summed E-state index contributed by atoms with van der Waals surface area (Å²) in [6.45, 7) is 4.31. The third kappa shape index (κ3) is 4.10. The molecule has 0 bridgehead atoms. The summed E-state index contributed by atoms with van der Waals surface area (Å²) in [5.41, 5.74) is 9.12. The number of carbonyl (C=O) groups excluding carboxylic acids is 1. The van der Waals surface area contributed by atoms with E-state index in [-0.39, 0.29) is 23.3 Å². The first-order valence-electron chi connectivity index (χ1n) is 9.95. The Labute approximate surface area is 175 Å². The molecule has 0 radical (unpaired) electrons. The number of ether oxygens (including phenoxy) is 1. The average molecular weight is 403 g/mol. The summed E-state index contributed by atoms with van der Waals surface area (Å²) < 4.78 is 5.42. The van der Waals surface area contributed by atoms with Crippen LogP contribution in [0.2, 0.25) is 0 Å². The Bertz CT molecular complexity index is 1030. The zero-order chi connectivity index (χ0) is 21.3. The molecule has 7 nitrogen and oxygen atoms in total. The fourth-order valence-electron chi connectivity index (χ4n) is 3.96. The minimum Gasteiger partial charge on any atom is -0.412 e. The lowest BCUT2D eigenvalue weighted by molar-refractivity contribution is -0.117. The Hall–Kier alpha value is -3.48. The normalized spacial score (nSPS) is 20.9. The molecular formula is C23H25N5O2. The second-order valence-corrected chi connectivity index (χ2v) is 8.46. The van der Waals surface area contributed by atoms with Crippen LogP contribution in [0, 0.1) is 16.7 Å². The number of nitrogens with one attached hydrogen (secondary N) is 2. The number of anilines is 1. The van der Waals surface area contributed by atoms with Crippen molar-refractivity contribution in [3.63, 3.8) is 0 Å². The zero-order valence-corrected chi connectivity index (χ0v) is 17.1. The number of nitrogens with zero attached hydrogens (tertiary/aromatic N) is 2. The Kier molecular flexibility index (Phi) is 5.11. The highest BCUT2D eigenvalue weighted by atomic mass is 16.5. The molecule has 1 amide bonds. The fourth-order valence-corrected chi connectivity index (χ4v) is 3.96. The monoisotopic (exact) mass is 403 g/mol. The quantitative estimate of drug-likeness (QED) is 0.538. The summed E-state index contributed by atoms with van der Waals surface area (Å²) in [4.78, 5) is 21.6. The maximum Gasteiger partial charge on any atom is 0.291 e. The number of carbonyl (C=O) groups is 1. The molecule has 0 aromatic heterocycles. The van der Waals surface area contributed by atoms with Gasteiger partial charge in [-0.25, -0.2) is 4.99 Å². The predicted octanol–water partition coefficient (Wildman–Crippen LogP) is 3.55. The van der Waals surface area contributed by atoms with Gasteiger partial charge in [-0.3, -0.25) is 10.2 Å². The van der Waals surface area contributed by atoms with Crippen LogP contribution >= 0.6 is 0 Å². The Morgan fingerprint density at radius 2 is 1.83 bits per heavy atom. The molecule has 1 atom stereocenters. The van der Waals surface area contributed by atoms with Crippen molar-refractivity contribution < 1.29 is 9.53 Å². The molecule has 1 saturated carbocycles. The minimum atomic E-state index is -1.11. The Balaban J connectivity index is 1.62. The molecule has 0 saturated heterocycles. The molecule has 30 heavy (non-hydrogen) atoms. The van der Waals surface area contributed by atoms with Crippen molar-refractivity contribution in [2.75, 3.05) is 5.32 Å². The van der Waals surface area contributed by atoms with Crippen LogP contribution in [0.15, 0.2) is 64.6 Å². The molecule has 2 aromatic carbocycles. The van der Waals surface area contributed by atoms with E-state index in [1.165, 1.54) is 0 Å². The minimum absolute atomic E-state index is 0.0318. The van der Waals surface area contributed by atoms with Gasteiger partial charge in [-0.05, 0) is 24.3 Å². The average Bonchev–Trinajstić information content (AvgIpc) is 2.83. The molecule has 154 valence electrons. The summed E-state index contributed by atoms with van der Waals surface area (Å²) in [7, 11) is 0. The number of hydrogen-bond donors (Lipinski definition) is 3. The van der Waals surface area contributed by atoms with E-state index >= 15 is 0 Å². The van der Waals surface area contributed by atoms with E-state index in [1.54, 1.807) is 0 Å². The lowest BCUT2D eigenvalue weighted by atomic mass is 9.64. The van der Waals surface area contributed by atoms with E-state index in [4.69, 9.17) is 15.9 Å². The van der Waals surface area contributed by atoms with Crippen molar-refractivity contribution in [3.05, 3.63) is 65.7 Å². The first kappa shape index (κ1) is 19.8. The molecular weight excluding hydrogens is 378 g/mol. The molecule has 0 spiro atoms. The molecule has 1 aliphatic carbocycles. The number of amidine groups is 1. The van der Waals surface area contributed by atoms with Gasteiger partial charge in [0.25, 0.3) is 11.9 Å². The van der Waals surface area contributed by atoms with Crippen LogP contribution in [0.3, 0.4) is 0 Å². The van der Waals surface area contributed by atoms with Crippen molar-refractivity contribution in [2.45, 2.75) is 32.9 Å². The van der Waals surface area contributed by atoms with E-state index < -0.39 is 12.1 Å². The Morgan fingerprint density at radius 3 is 2.53 bits per heavy atom. The van der Waals surface area contributed by atoms with Crippen molar-refractivity contribution in [1.29, 1.82) is 5.41 Å². The van der Waals surface area contributed by atoms with Gasteiger partial charge in [0.15, 0.2) is 5.90 Å². The lowest BCUT2D eigenvalue weighted by Gasteiger charge is -2.41. The second kappa shape index (κ2) is 7.74. The van der Waals surface area contributed by atoms with Gasteiger partial charge < -0.3 is 15.8 Å². The van der Waals surface area contributed by atoms with Gasteiger partial charge in [-0.2, -0.15) is 4.99 Å². The van der Waals surface area contributed by atoms with Gasteiger partial charge in [-0.1, -0.05) is 62.4 Å². The maximum absolute atomic E-state index is 12.8. The van der Waals surface area contributed by atoms with Crippen LogP contribution < -0.4 is 11.1 Å². The molecule has 4 N–H and O–H groups in total. The molecule has 1 heterocycles. The maximum atomic E-state index is 12.8. The number of para-hydroxylation sites is 1. The summed E-state index contributed by atoms with van der Waals surface area (Å²) >= 11 is 0. The van der Waals surface area contributed by atoms with E-state index in [1.807, 2.05) is 54.6 Å². The Morgan fingerprint density at radius 1 is 1.17 bits per heavy atom. The number of hydrogen-bond acceptors (Lipinski definition) is 5. The van der Waals surface area contributed by atoms with E-state index in [0.29, 0.717) is 11.4 Å². The van der Waals surface area contributed by atoms with Gasteiger partial charge >= 0.3 is 0 Å². The second-order valence-electron chi connectivity index (χ2n) is 8.46. The molecule has 4 rings (SSSR count). The van der Waals surface area contributed by atoms with E-state index in [0.717, 1.165) is 24.0 Å². The number of benzodiazepines with no additional fused rings is 1. The van der Waals surface area contributed by atoms with Crippen molar-refractivity contribution in [3.8, 4) is 0 Å². The van der Waals surface area contributed by atoms with Crippen LogP contribution in [-0.2, 0) is 9.53 Å². The number of nitrogens with two attached hydrogens (primary N) is 1. The number of benzene rings is 2. The first-order chi connectivity index (χ1) is 14.3. The first-order valence-corrected chi connectivity index (χ1v) is 9.95. The largest absolute Gasteiger partial charge is 0.412 e. The van der Waals surface area contributed by atoms with E-state index in [2.05, 4.69) is 29.1 Å². The highest BCUT2D eigenvalue weighted by molar-refractivity contribution is 6.19. The van der Waals surface area contributed by atoms with Crippen molar-refractivity contribution >= 4 is 29.2 Å². The molecule has 1 fully saturated rings. The molecule has 2 aromatic rings. The number of fused-ring (bicyclic) bond motifs is 1.